The van der Waals surface area contributed by atoms with Gasteiger partial charge in [-0.2, -0.15) is 0 Å². The predicted molar refractivity (Wildman–Crippen MR) is 148 cm³/mol. The van der Waals surface area contributed by atoms with Crippen LogP contribution in [-0.2, 0) is 6.61 Å². The van der Waals surface area contributed by atoms with Crippen molar-refractivity contribution in [2.75, 3.05) is 13.2 Å². The highest BCUT2D eigenvalue weighted by Crippen LogP contribution is 2.43. The maximum absolute atomic E-state index is 11.7. The van der Waals surface area contributed by atoms with E-state index in [0.717, 1.165) is 11.3 Å². The van der Waals surface area contributed by atoms with Crippen LogP contribution in [0, 0.1) is 17.0 Å². The zero-order valence-electron chi connectivity index (χ0n) is 20.1. The Morgan fingerprint density at radius 1 is 1.11 bits per heavy atom. The quantitative estimate of drug-likeness (QED) is 0.103. The Bertz CT molecular complexity index is 1370. The smallest absolute Gasteiger partial charge is 0.220 e. The van der Waals surface area contributed by atoms with Crippen LogP contribution in [0.25, 0.3) is 5.69 Å². The number of nitro groups is 1. The van der Waals surface area contributed by atoms with Gasteiger partial charge in [0, 0.05) is 15.6 Å². The summed E-state index contributed by atoms with van der Waals surface area (Å²) in [5, 5.41) is 20.7. The fourth-order valence-electron chi connectivity index (χ4n) is 3.69. The summed E-state index contributed by atoms with van der Waals surface area (Å²) >= 11 is 10.9. The third-order valence-electron chi connectivity index (χ3n) is 5.37. The summed E-state index contributed by atoms with van der Waals surface area (Å²) in [6, 6.07) is 20.7. The van der Waals surface area contributed by atoms with Crippen LogP contribution < -0.4 is 9.47 Å². The molecule has 0 aliphatic heterocycles. The number of aryl methyl sites for hydroxylation is 1. The normalized spacial score (nSPS) is 11.8. The molecule has 0 N–H and O–H groups in total. The number of hydrogen-bond donors (Lipinski definition) is 0. The fourth-order valence-corrected chi connectivity index (χ4v) is 5.54. The summed E-state index contributed by atoms with van der Waals surface area (Å²) in [6.07, 6.45) is 0. The number of benzene rings is 3. The van der Waals surface area contributed by atoms with Crippen LogP contribution in [0.2, 0.25) is 5.02 Å². The minimum absolute atomic E-state index is 0.320. The monoisotopic (exact) mass is 602 g/mol. The van der Waals surface area contributed by atoms with Gasteiger partial charge in [0.25, 0.3) is 0 Å². The Hall–Kier alpha value is -3.08. The number of rotatable bonds is 11. The maximum Gasteiger partial charge on any atom is 0.220 e. The molecule has 0 radical (unpaired) electrons. The van der Waals surface area contributed by atoms with E-state index in [0.29, 0.717) is 50.8 Å². The minimum atomic E-state index is -0.566. The summed E-state index contributed by atoms with van der Waals surface area (Å²) < 4.78 is 14.5. The Morgan fingerprint density at radius 3 is 2.51 bits per heavy atom. The minimum Gasteiger partial charge on any atom is -0.490 e. The molecule has 0 spiro atoms. The van der Waals surface area contributed by atoms with E-state index in [2.05, 4.69) is 26.1 Å². The van der Waals surface area contributed by atoms with Crippen molar-refractivity contribution in [1.82, 2.24) is 14.8 Å². The van der Waals surface area contributed by atoms with E-state index in [1.165, 1.54) is 11.8 Å². The zero-order chi connectivity index (χ0) is 26.4. The van der Waals surface area contributed by atoms with Crippen molar-refractivity contribution in [3.05, 3.63) is 103 Å². The van der Waals surface area contributed by atoms with Crippen molar-refractivity contribution in [2.24, 2.45) is 0 Å². The molecule has 37 heavy (non-hydrogen) atoms. The summed E-state index contributed by atoms with van der Waals surface area (Å²) in [7, 11) is 0. The van der Waals surface area contributed by atoms with Gasteiger partial charge >= 0.3 is 0 Å². The van der Waals surface area contributed by atoms with Crippen LogP contribution in [-0.4, -0.2) is 32.8 Å². The van der Waals surface area contributed by atoms with Crippen molar-refractivity contribution in [1.29, 1.82) is 0 Å². The first-order valence-corrected chi connectivity index (χ1v) is 13.5. The molecule has 1 atom stereocenters. The lowest BCUT2D eigenvalue weighted by Crippen LogP contribution is -2.12. The van der Waals surface area contributed by atoms with E-state index in [1.807, 2.05) is 66.9 Å². The molecule has 0 saturated carbocycles. The van der Waals surface area contributed by atoms with Gasteiger partial charge in [-0.1, -0.05) is 53.7 Å². The first-order valence-electron chi connectivity index (χ1n) is 11.4. The molecule has 4 aromatic rings. The van der Waals surface area contributed by atoms with Crippen LogP contribution in [0.15, 0.2) is 76.4 Å². The van der Waals surface area contributed by atoms with Crippen molar-refractivity contribution >= 4 is 39.3 Å². The van der Waals surface area contributed by atoms with Crippen molar-refractivity contribution in [2.45, 2.75) is 30.9 Å². The Morgan fingerprint density at radius 2 is 1.84 bits per heavy atom. The second-order valence-electron chi connectivity index (χ2n) is 8.00. The van der Waals surface area contributed by atoms with E-state index in [9.17, 15) is 10.1 Å². The highest BCUT2D eigenvalue weighted by atomic mass is 79.9. The van der Waals surface area contributed by atoms with Gasteiger partial charge in [0.1, 0.15) is 17.7 Å². The van der Waals surface area contributed by atoms with Crippen molar-refractivity contribution < 1.29 is 14.4 Å². The third-order valence-corrected chi connectivity index (χ3v) is 7.39. The van der Waals surface area contributed by atoms with E-state index < -0.39 is 5.25 Å². The number of nitrogens with zero attached hydrogens (tertiary/aromatic N) is 4. The standard InChI is InChI=1S/C26H24BrClN4O4S/c1-3-35-23-14-19(13-22(27)25(23)36-16-18-7-5-4-6-8-18)24(15-31(33)34)37-26-30-29-17(2)32(26)21-11-9-20(28)10-12-21/h4-14,24H,3,15-16H2,1-2H3/t24-/m1/s1. The number of halogens is 2. The molecule has 0 fully saturated rings. The van der Waals surface area contributed by atoms with E-state index in [-0.39, 0.29) is 11.5 Å². The van der Waals surface area contributed by atoms with Crippen LogP contribution in [0.1, 0.15) is 29.1 Å². The lowest BCUT2D eigenvalue weighted by molar-refractivity contribution is -0.479. The number of hydrogen-bond acceptors (Lipinski definition) is 7. The van der Waals surface area contributed by atoms with E-state index >= 15 is 0 Å². The molecular formula is C26H24BrClN4O4S. The molecule has 1 heterocycles. The van der Waals surface area contributed by atoms with Gasteiger partial charge in [-0.25, -0.2) is 0 Å². The van der Waals surface area contributed by atoms with Gasteiger partial charge in [0.15, 0.2) is 16.7 Å². The second kappa shape index (κ2) is 12.4. The maximum atomic E-state index is 11.7. The molecule has 11 heteroatoms. The molecule has 0 saturated heterocycles. The van der Waals surface area contributed by atoms with Gasteiger partial charge in [0.2, 0.25) is 6.54 Å². The van der Waals surface area contributed by atoms with Crippen LogP contribution in [0.3, 0.4) is 0 Å². The Labute approximate surface area is 232 Å². The molecule has 192 valence electrons. The highest BCUT2D eigenvalue weighted by Gasteiger charge is 2.26. The number of aromatic nitrogens is 3. The summed E-state index contributed by atoms with van der Waals surface area (Å²) in [5.41, 5.74) is 2.53. The molecule has 1 aromatic heterocycles. The molecule has 0 amide bonds. The number of thioether (sulfide) groups is 1. The van der Waals surface area contributed by atoms with E-state index in [4.69, 9.17) is 21.1 Å². The summed E-state index contributed by atoms with van der Waals surface area (Å²) in [5.74, 6) is 1.71. The molecular weight excluding hydrogens is 580 g/mol. The van der Waals surface area contributed by atoms with Gasteiger partial charge in [0.05, 0.1) is 11.1 Å². The average Bonchev–Trinajstić information content (AvgIpc) is 3.23. The number of ether oxygens (including phenoxy) is 2. The van der Waals surface area contributed by atoms with Crippen LogP contribution >= 0.6 is 39.3 Å². The first kappa shape index (κ1) is 27.0. The predicted octanol–water partition coefficient (Wildman–Crippen LogP) is 7.08. The van der Waals surface area contributed by atoms with Gasteiger partial charge < -0.3 is 9.47 Å². The van der Waals surface area contributed by atoms with Crippen LogP contribution in [0.5, 0.6) is 11.5 Å². The first-order chi connectivity index (χ1) is 17.9. The van der Waals surface area contributed by atoms with Gasteiger partial charge in [-0.15, -0.1) is 10.2 Å². The topological polar surface area (TPSA) is 92.3 Å². The Balaban J connectivity index is 1.67. The van der Waals surface area contributed by atoms with Crippen molar-refractivity contribution in [3.63, 3.8) is 0 Å². The Kier molecular flexibility index (Phi) is 9.07. The molecule has 0 aliphatic carbocycles. The van der Waals surface area contributed by atoms with Gasteiger partial charge in [-0.05, 0) is 77.3 Å². The molecule has 3 aromatic carbocycles. The average molecular weight is 604 g/mol. The third kappa shape index (κ3) is 6.82. The molecule has 4 rings (SSSR count). The summed E-state index contributed by atoms with van der Waals surface area (Å²) in [6.45, 7) is 4.16. The molecule has 8 nitrogen and oxygen atoms in total. The lowest BCUT2D eigenvalue weighted by atomic mass is 10.1. The second-order valence-corrected chi connectivity index (χ2v) is 10.5. The largest absolute Gasteiger partial charge is 0.490 e. The molecule has 0 bridgehead atoms. The fraction of sp³-hybridized carbons (Fsp3) is 0.231. The lowest BCUT2D eigenvalue weighted by Gasteiger charge is -2.19. The van der Waals surface area contributed by atoms with E-state index in [1.54, 1.807) is 18.2 Å². The van der Waals surface area contributed by atoms with Gasteiger partial charge in [-0.3, -0.25) is 14.7 Å². The van der Waals surface area contributed by atoms with Crippen molar-refractivity contribution in [3.8, 4) is 17.2 Å². The zero-order valence-corrected chi connectivity index (χ0v) is 23.3. The highest BCUT2D eigenvalue weighted by molar-refractivity contribution is 9.10. The molecule has 0 unspecified atom stereocenters. The molecule has 0 aliphatic rings. The SMILES string of the molecule is CCOc1cc([C@@H](C[N+](=O)[O-])Sc2nnc(C)n2-c2ccc(Cl)cc2)cc(Br)c1OCc1ccccc1. The summed E-state index contributed by atoms with van der Waals surface area (Å²) in [4.78, 5) is 11.3. The van der Waals surface area contributed by atoms with Crippen LogP contribution in [0.4, 0.5) is 0 Å².